The van der Waals surface area contributed by atoms with Crippen molar-refractivity contribution in [1.82, 2.24) is 25.1 Å². The van der Waals surface area contributed by atoms with Crippen LogP contribution in [-0.2, 0) is 19.6 Å². The van der Waals surface area contributed by atoms with Gasteiger partial charge in [-0.2, -0.15) is 5.10 Å². The highest BCUT2D eigenvalue weighted by atomic mass is 15.3. The van der Waals surface area contributed by atoms with Gasteiger partial charge in [0.05, 0.1) is 12.0 Å². The molecule has 2 rings (SSSR count). The topological polar surface area (TPSA) is 58.5 Å². The van der Waals surface area contributed by atoms with E-state index in [1.807, 2.05) is 17.1 Å². The minimum absolute atomic E-state index is 0.803. The van der Waals surface area contributed by atoms with Crippen LogP contribution in [0.5, 0.6) is 0 Å². The molecule has 5 nitrogen and oxygen atoms in total. The normalized spacial score (nSPS) is 10.8. The highest BCUT2D eigenvalue weighted by Gasteiger charge is 2.01. The third-order valence-electron chi connectivity index (χ3n) is 2.42. The van der Waals surface area contributed by atoms with Crippen LogP contribution in [0.4, 0.5) is 0 Å². The molecule has 0 atom stereocenters. The lowest BCUT2D eigenvalue weighted by molar-refractivity contribution is 0.548. The highest BCUT2D eigenvalue weighted by molar-refractivity contribution is 5.01. The van der Waals surface area contributed by atoms with Crippen molar-refractivity contribution in [2.75, 3.05) is 0 Å². The first-order chi connectivity index (χ1) is 7.90. The van der Waals surface area contributed by atoms with E-state index in [2.05, 4.69) is 33.4 Å². The van der Waals surface area contributed by atoms with Gasteiger partial charge in [0, 0.05) is 37.7 Å². The molecule has 0 radical (unpaired) electrons. The summed E-state index contributed by atoms with van der Waals surface area (Å²) in [6.45, 7) is 4.77. The fourth-order valence-corrected chi connectivity index (χ4v) is 1.63. The Kier molecular flexibility index (Phi) is 3.71. The monoisotopic (exact) mass is 219 g/mol. The Labute approximate surface area is 94.9 Å². The summed E-state index contributed by atoms with van der Waals surface area (Å²) in [5.74, 6) is 0. The number of rotatable bonds is 6. The number of imidazole rings is 1. The minimum Gasteiger partial charge on any atom is -0.347 e. The van der Waals surface area contributed by atoms with E-state index >= 15 is 0 Å². The Bertz CT molecular complexity index is 404. The molecule has 0 bridgehead atoms. The highest BCUT2D eigenvalue weighted by Crippen LogP contribution is 2.00. The Morgan fingerprint density at radius 3 is 3.12 bits per heavy atom. The zero-order valence-electron chi connectivity index (χ0n) is 9.48. The molecule has 2 N–H and O–H groups in total. The van der Waals surface area contributed by atoms with E-state index in [1.165, 1.54) is 5.69 Å². The van der Waals surface area contributed by atoms with E-state index in [4.69, 9.17) is 0 Å². The maximum absolute atomic E-state index is 4.28. The van der Waals surface area contributed by atoms with Crippen molar-refractivity contribution in [3.63, 3.8) is 0 Å². The molecule has 0 aliphatic carbocycles. The van der Waals surface area contributed by atoms with E-state index in [1.54, 1.807) is 6.33 Å². The predicted molar refractivity (Wildman–Crippen MR) is 61.6 cm³/mol. The van der Waals surface area contributed by atoms with Gasteiger partial charge in [0.25, 0.3) is 0 Å². The molecule has 86 valence electrons. The van der Waals surface area contributed by atoms with Gasteiger partial charge in [0.2, 0.25) is 0 Å². The summed E-state index contributed by atoms with van der Waals surface area (Å²) in [5, 5.41) is 7.64. The number of aromatic amines is 1. The molecule has 2 heterocycles. The van der Waals surface area contributed by atoms with Gasteiger partial charge >= 0.3 is 0 Å². The molecule has 0 amide bonds. The average molecular weight is 219 g/mol. The summed E-state index contributed by atoms with van der Waals surface area (Å²) in [4.78, 5) is 7.03. The molecule has 0 saturated heterocycles. The number of H-pyrrole nitrogens is 1. The van der Waals surface area contributed by atoms with Crippen LogP contribution in [0, 0.1) is 0 Å². The Hall–Kier alpha value is -1.62. The lowest BCUT2D eigenvalue weighted by atomic mass is 10.4. The molecule has 5 heteroatoms. The van der Waals surface area contributed by atoms with Crippen molar-refractivity contribution >= 4 is 0 Å². The van der Waals surface area contributed by atoms with Gasteiger partial charge in [-0.05, 0) is 12.5 Å². The average Bonchev–Trinajstić information content (AvgIpc) is 2.91. The van der Waals surface area contributed by atoms with Crippen LogP contribution < -0.4 is 5.32 Å². The van der Waals surface area contributed by atoms with Crippen LogP contribution in [0.15, 0.2) is 24.8 Å². The van der Waals surface area contributed by atoms with Crippen molar-refractivity contribution in [2.45, 2.75) is 33.0 Å². The Morgan fingerprint density at radius 1 is 1.44 bits per heavy atom. The summed E-state index contributed by atoms with van der Waals surface area (Å²) in [6.07, 6.45) is 6.48. The number of nitrogens with zero attached hydrogens (tertiary/aromatic N) is 3. The summed E-state index contributed by atoms with van der Waals surface area (Å²) in [7, 11) is 0. The predicted octanol–water partition coefficient (Wildman–Crippen LogP) is 1.31. The lowest BCUT2D eigenvalue weighted by Gasteiger charge is -2.06. The molecule has 0 aliphatic heterocycles. The van der Waals surface area contributed by atoms with Crippen molar-refractivity contribution < 1.29 is 0 Å². The van der Waals surface area contributed by atoms with Gasteiger partial charge in [0.1, 0.15) is 0 Å². The van der Waals surface area contributed by atoms with Gasteiger partial charge in [0.15, 0.2) is 0 Å². The molecular weight excluding hydrogens is 202 g/mol. The standard InChI is InChI=1S/C11H17N5/c1-2-5-16-11(3-4-15-16)8-12-6-10-7-13-9-14-10/h3-4,7,9,12H,2,5-6,8H2,1H3,(H,13,14). The van der Waals surface area contributed by atoms with Gasteiger partial charge in [-0.25, -0.2) is 4.98 Å². The minimum atomic E-state index is 0.803. The van der Waals surface area contributed by atoms with Gasteiger partial charge in [-0.3, -0.25) is 4.68 Å². The summed E-state index contributed by atoms with van der Waals surface area (Å²) >= 11 is 0. The number of hydrogen-bond donors (Lipinski definition) is 2. The van der Waals surface area contributed by atoms with Crippen LogP contribution in [0.2, 0.25) is 0 Å². The first kappa shape index (κ1) is 10.9. The van der Waals surface area contributed by atoms with Crippen molar-refractivity contribution in [2.24, 2.45) is 0 Å². The second-order valence-electron chi connectivity index (χ2n) is 3.73. The number of aryl methyl sites for hydroxylation is 1. The van der Waals surface area contributed by atoms with Gasteiger partial charge in [-0.1, -0.05) is 6.92 Å². The van der Waals surface area contributed by atoms with Crippen molar-refractivity contribution in [3.8, 4) is 0 Å². The molecule has 0 aliphatic rings. The molecule has 0 saturated carbocycles. The SMILES string of the molecule is CCCn1nccc1CNCc1cnc[nH]1. The van der Waals surface area contributed by atoms with E-state index < -0.39 is 0 Å². The van der Waals surface area contributed by atoms with Gasteiger partial charge < -0.3 is 10.3 Å². The zero-order chi connectivity index (χ0) is 11.2. The molecule has 0 fully saturated rings. The van der Waals surface area contributed by atoms with Crippen LogP contribution >= 0.6 is 0 Å². The summed E-state index contributed by atoms with van der Waals surface area (Å²) < 4.78 is 2.04. The summed E-state index contributed by atoms with van der Waals surface area (Å²) in [5.41, 5.74) is 2.32. The van der Waals surface area contributed by atoms with Crippen molar-refractivity contribution in [3.05, 3.63) is 36.2 Å². The maximum Gasteiger partial charge on any atom is 0.0922 e. The molecule has 0 spiro atoms. The molecular formula is C11H17N5. The third kappa shape index (κ3) is 2.70. The van der Waals surface area contributed by atoms with Gasteiger partial charge in [-0.15, -0.1) is 0 Å². The Balaban J connectivity index is 1.82. The number of aromatic nitrogens is 4. The smallest absolute Gasteiger partial charge is 0.0922 e. The second kappa shape index (κ2) is 5.46. The fraction of sp³-hybridized carbons (Fsp3) is 0.455. The van der Waals surface area contributed by atoms with Crippen molar-refractivity contribution in [1.29, 1.82) is 0 Å². The first-order valence-corrected chi connectivity index (χ1v) is 5.59. The lowest BCUT2D eigenvalue weighted by Crippen LogP contribution is -2.16. The van der Waals surface area contributed by atoms with Crippen LogP contribution in [0.3, 0.4) is 0 Å². The van der Waals surface area contributed by atoms with E-state index in [0.717, 1.165) is 31.7 Å². The zero-order valence-corrected chi connectivity index (χ0v) is 9.48. The van der Waals surface area contributed by atoms with E-state index in [9.17, 15) is 0 Å². The quantitative estimate of drug-likeness (QED) is 0.770. The number of nitrogens with one attached hydrogen (secondary N) is 2. The first-order valence-electron chi connectivity index (χ1n) is 5.59. The number of hydrogen-bond acceptors (Lipinski definition) is 3. The second-order valence-corrected chi connectivity index (χ2v) is 3.73. The van der Waals surface area contributed by atoms with E-state index in [0.29, 0.717) is 0 Å². The van der Waals surface area contributed by atoms with E-state index in [-0.39, 0.29) is 0 Å². The molecule has 2 aromatic heterocycles. The molecule has 0 unspecified atom stereocenters. The summed E-state index contributed by atoms with van der Waals surface area (Å²) in [6, 6.07) is 2.05. The third-order valence-corrected chi connectivity index (χ3v) is 2.42. The fourth-order valence-electron chi connectivity index (χ4n) is 1.63. The van der Waals surface area contributed by atoms with Crippen LogP contribution in [-0.4, -0.2) is 19.7 Å². The molecule has 0 aromatic carbocycles. The molecule has 16 heavy (non-hydrogen) atoms. The maximum atomic E-state index is 4.28. The molecule has 2 aromatic rings. The van der Waals surface area contributed by atoms with Crippen LogP contribution in [0.1, 0.15) is 24.7 Å². The van der Waals surface area contributed by atoms with Crippen LogP contribution in [0.25, 0.3) is 0 Å². The largest absolute Gasteiger partial charge is 0.347 e. The Morgan fingerprint density at radius 2 is 2.38 bits per heavy atom.